The molecule has 2 N–H and O–H groups in total. The van der Waals surface area contributed by atoms with Gasteiger partial charge in [-0.05, 0) is 49.9 Å². The fraction of sp³-hybridized carbons (Fsp3) is 0.304. The molecule has 1 aliphatic heterocycles. The van der Waals surface area contributed by atoms with Gasteiger partial charge in [0.15, 0.2) is 0 Å². The number of carbonyl (C=O) groups is 1. The molecular weight excluding hydrogens is 350 g/mol. The summed E-state index contributed by atoms with van der Waals surface area (Å²) in [7, 11) is 0. The minimum atomic E-state index is -0.856. The van der Waals surface area contributed by atoms with Crippen LogP contribution < -0.4 is 0 Å². The summed E-state index contributed by atoms with van der Waals surface area (Å²) in [6.07, 6.45) is 1.09. The number of rotatable bonds is 3. The van der Waals surface area contributed by atoms with E-state index in [4.69, 9.17) is 0 Å². The number of aromatic nitrogens is 2. The number of likely N-dealkylation sites (tertiary alicyclic amines) is 1. The topological polar surface area (TPSA) is 69.2 Å². The van der Waals surface area contributed by atoms with E-state index in [-0.39, 0.29) is 5.91 Å². The maximum Gasteiger partial charge on any atom is 0.253 e. The van der Waals surface area contributed by atoms with Crippen LogP contribution in [0.5, 0.6) is 0 Å². The average molecular weight is 375 g/mol. The first-order valence-corrected chi connectivity index (χ1v) is 9.67. The predicted molar refractivity (Wildman–Crippen MR) is 109 cm³/mol. The van der Waals surface area contributed by atoms with Gasteiger partial charge < -0.3 is 10.0 Å². The van der Waals surface area contributed by atoms with Gasteiger partial charge in [-0.3, -0.25) is 9.89 Å². The molecule has 1 amide bonds. The lowest BCUT2D eigenvalue weighted by Crippen LogP contribution is -2.45. The van der Waals surface area contributed by atoms with Crippen molar-refractivity contribution in [3.8, 4) is 11.1 Å². The van der Waals surface area contributed by atoms with Crippen LogP contribution in [0.2, 0.25) is 0 Å². The molecule has 2 aromatic carbocycles. The Balaban J connectivity index is 1.51. The molecule has 5 nitrogen and oxygen atoms in total. The summed E-state index contributed by atoms with van der Waals surface area (Å²) in [5.41, 5.74) is 4.70. The predicted octanol–water partition coefficient (Wildman–Crippen LogP) is 3.82. The van der Waals surface area contributed by atoms with Crippen molar-refractivity contribution in [1.82, 2.24) is 15.1 Å². The van der Waals surface area contributed by atoms with Crippen LogP contribution in [0.25, 0.3) is 11.1 Å². The van der Waals surface area contributed by atoms with Gasteiger partial charge in [0.2, 0.25) is 0 Å². The number of aromatic amines is 1. The van der Waals surface area contributed by atoms with Crippen LogP contribution in [0.1, 0.15) is 40.2 Å². The largest absolute Gasteiger partial charge is 0.385 e. The number of aliphatic hydroxyl groups is 1. The normalized spacial score (nSPS) is 16.2. The van der Waals surface area contributed by atoms with E-state index in [1.807, 2.05) is 73.3 Å². The second-order valence-corrected chi connectivity index (χ2v) is 7.58. The highest BCUT2D eigenvalue weighted by Gasteiger charge is 2.35. The molecule has 0 atom stereocenters. The molecule has 5 heteroatoms. The third-order valence-electron chi connectivity index (χ3n) is 5.72. The lowest BCUT2D eigenvalue weighted by Gasteiger charge is -2.38. The molecule has 0 saturated carbocycles. The maximum absolute atomic E-state index is 13.1. The molecule has 144 valence electrons. The molecule has 0 spiro atoms. The lowest BCUT2D eigenvalue weighted by molar-refractivity contribution is -0.0211. The maximum atomic E-state index is 13.1. The van der Waals surface area contributed by atoms with E-state index in [1.54, 1.807) is 0 Å². The van der Waals surface area contributed by atoms with Crippen LogP contribution in [0.4, 0.5) is 0 Å². The van der Waals surface area contributed by atoms with Crippen LogP contribution in [-0.2, 0) is 5.60 Å². The molecule has 0 aliphatic carbocycles. The first-order chi connectivity index (χ1) is 13.5. The number of benzene rings is 2. The highest BCUT2D eigenvalue weighted by Crippen LogP contribution is 2.33. The molecule has 3 aromatic rings. The summed E-state index contributed by atoms with van der Waals surface area (Å²) in [6.45, 7) is 5.03. The van der Waals surface area contributed by atoms with E-state index in [0.717, 1.165) is 28.1 Å². The fourth-order valence-electron chi connectivity index (χ4n) is 4.08. The first kappa shape index (κ1) is 18.4. The van der Waals surface area contributed by atoms with E-state index < -0.39 is 5.60 Å². The Kier molecular flexibility index (Phi) is 4.77. The van der Waals surface area contributed by atoms with Crippen molar-refractivity contribution in [3.63, 3.8) is 0 Å². The van der Waals surface area contributed by atoms with E-state index >= 15 is 0 Å². The Bertz CT molecular complexity index is 967. The van der Waals surface area contributed by atoms with Crippen molar-refractivity contribution in [2.45, 2.75) is 32.3 Å². The second kappa shape index (κ2) is 7.24. The third kappa shape index (κ3) is 3.34. The smallest absolute Gasteiger partial charge is 0.253 e. The van der Waals surface area contributed by atoms with E-state index in [9.17, 15) is 9.90 Å². The molecule has 28 heavy (non-hydrogen) atoms. The van der Waals surface area contributed by atoms with Crippen molar-refractivity contribution in [2.24, 2.45) is 0 Å². The number of hydrogen-bond donors (Lipinski definition) is 2. The number of carbonyl (C=O) groups excluding carboxylic acids is 1. The quantitative estimate of drug-likeness (QED) is 0.731. The number of nitrogens with zero attached hydrogens (tertiary/aromatic N) is 2. The lowest BCUT2D eigenvalue weighted by atomic mass is 9.84. The van der Waals surface area contributed by atoms with Gasteiger partial charge in [0.05, 0.1) is 11.3 Å². The average Bonchev–Trinajstić information content (AvgIpc) is 3.07. The van der Waals surface area contributed by atoms with Crippen LogP contribution in [0.15, 0.2) is 54.6 Å². The Morgan fingerprint density at radius 2 is 1.79 bits per heavy atom. The van der Waals surface area contributed by atoms with Crippen molar-refractivity contribution in [1.29, 1.82) is 0 Å². The van der Waals surface area contributed by atoms with Gasteiger partial charge in [-0.15, -0.1) is 0 Å². The minimum Gasteiger partial charge on any atom is -0.385 e. The van der Waals surface area contributed by atoms with E-state index in [2.05, 4.69) is 10.2 Å². The van der Waals surface area contributed by atoms with Gasteiger partial charge in [-0.25, -0.2) is 0 Å². The molecule has 0 bridgehead atoms. The minimum absolute atomic E-state index is 0.00997. The number of piperidine rings is 1. The zero-order valence-corrected chi connectivity index (χ0v) is 16.3. The zero-order chi connectivity index (χ0) is 19.7. The monoisotopic (exact) mass is 375 g/mol. The van der Waals surface area contributed by atoms with E-state index in [1.165, 1.54) is 0 Å². The second-order valence-electron chi connectivity index (χ2n) is 7.58. The Morgan fingerprint density at radius 1 is 1.07 bits per heavy atom. The summed E-state index contributed by atoms with van der Waals surface area (Å²) < 4.78 is 0. The highest BCUT2D eigenvalue weighted by molar-refractivity contribution is 5.95. The Morgan fingerprint density at radius 3 is 2.43 bits per heavy atom. The van der Waals surface area contributed by atoms with Gasteiger partial charge in [0, 0.05) is 29.9 Å². The molecule has 1 aromatic heterocycles. The molecule has 0 unspecified atom stereocenters. The summed E-state index contributed by atoms with van der Waals surface area (Å²) in [4.78, 5) is 14.9. The molecule has 1 fully saturated rings. The summed E-state index contributed by atoms with van der Waals surface area (Å²) in [5.74, 6) is 0.00997. The summed E-state index contributed by atoms with van der Waals surface area (Å²) in [6, 6.07) is 17.5. The Hall–Kier alpha value is -2.92. The van der Waals surface area contributed by atoms with Crippen LogP contribution in [0.3, 0.4) is 0 Å². The van der Waals surface area contributed by atoms with Crippen molar-refractivity contribution < 1.29 is 9.90 Å². The number of hydrogen-bond acceptors (Lipinski definition) is 3. The van der Waals surface area contributed by atoms with Gasteiger partial charge in [-0.2, -0.15) is 5.10 Å². The highest BCUT2D eigenvalue weighted by atomic mass is 16.3. The fourth-order valence-corrected chi connectivity index (χ4v) is 4.08. The standard InChI is InChI=1S/C23H25N3O2/c1-16-21(17(2)25-24-16)18-7-6-8-19(15-18)22(27)26-13-11-23(28,12-14-26)20-9-4-3-5-10-20/h3-10,15,28H,11-14H2,1-2H3,(H,24,25). The van der Waals surface area contributed by atoms with Gasteiger partial charge in [0.25, 0.3) is 5.91 Å². The number of nitrogens with one attached hydrogen (secondary N) is 1. The molecule has 2 heterocycles. The van der Waals surface area contributed by atoms with E-state index in [0.29, 0.717) is 31.5 Å². The summed E-state index contributed by atoms with van der Waals surface area (Å²) >= 11 is 0. The van der Waals surface area contributed by atoms with Gasteiger partial charge in [0.1, 0.15) is 0 Å². The Labute approximate surface area is 165 Å². The molecule has 0 radical (unpaired) electrons. The van der Waals surface area contributed by atoms with Crippen molar-refractivity contribution >= 4 is 5.91 Å². The van der Waals surface area contributed by atoms with Gasteiger partial charge in [-0.1, -0.05) is 42.5 Å². The number of aryl methyl sites for hydroxylation is 2. The molecule has 1 saturated heterocycles. The van der Waals surface area contributed by atoms with Crippen LogP contribution in [0, 0.1) is 13.8 Å². The van der Waals surface area contributed by atoms with Crippen molar-refractivity contribution in [2.75, 3.05) is 13.1 Å². The van der Waals surface area contributed by atoms with Gasteiger partial charge >= 0.3 is 0 Å². The van der Waals surface area contributed by atoms with Crippen LogP contribution in [-0.4, -0.2) is 39.2 Å². The summed E-state index contributed by atoms with van der Waals surface area (Å²) in [5, 5.41) is 18.2. The molecular formula is C23H25N3O2. The number of H-pyrrole nitrogens is 1. The first-order valence-electron chi connectivity index (χ1n) is 9.67. The zero-order valence-electron chi connectivity index (χ0n) is 16.3. The van der Waals surface area contributed by atoms with Crippen LogP contribution >= 0.6 is 0 Å². The number of amides is 1. The molecule has 4 rings (SSSR count). The SMILES string of the molecule is Cc1n[nH]c(C)c1-c1cccc(C(=O)N2CCC(O)(c3ccccc3)CC2)c1. The molecule has 1 aliphatic rings. The third-order valence-corrected chi connectivity index (χ3v) is 5.72. The van der Waals surface area contributed by atoms with Crippen molar-refractivity contribution in [3.05, 3.63) is 77.1 Å².